The highest BCUT2D eigenvalue weighted by Gasteiger charge is 2.41. The predicted octanol–water partition coefficient (Wildman–Crippen LogP) is 2.12. The highest BCUT2D eigenvalue weighted by molar-refractivity contribution is 14.1. The molecule has 4 N–H and O–H groups in total. The average molecular weight is 683 g/mol. The van der Waals surface area contributed by atoms with Gasteiger partial charge in [-0.3, -0.25) is 9.59 Å². The minimum Gasteiger partial charge on any atom is -0.493 e. The first-order chi connectivity index (χ1) is 19.7. The molecule has 1 aliphatic carbocycles. The van der Waals surface area contributed by atoms with Crippen molar-refractivity contribution in [3.05, 3.63) is 56.7 Å². The summed E-state index contributed by atoms with van der Waals surface area (Å²) in [6.45, 7) is 3.44. The van der Waals surface area contributed by atoms with Gasteiger partial charge >= 0.3 is 0 Å². The molecule has 0 radical (unpaired) electrons. The fourth-order valence-corrected chi connectivity index (χ4v) is 5.61. The Morgan fingerprint density at radius 2 is 1.90 bits per heavy atom. The molecule has 2 aliphatic rings. The number of aliphatic hydroxyl groups excluding tert-OH is 3. The number of fused-ring (bicyclic) bond motifs is 1. The summed E-state index contributed by atoms with van der Waals surface area (Å²) in [5, 5.41) is 33.2. The molecule has 1 heterocycles. The van der Waals surface area contributed by atoms with Crippen LogP contribution in [0.3, 0.4) is 0 Å². The molecule has 0 unspecified atom stereocenters. The SMILES string of the molecule is COc1cc(CO)cc(I)c1O[C@H]1C=C(C(=O)NCCO)C[C@@H](N(Cc2ccc3c(c2)OCO3)C(=O)C(C)C)[C@@H]1O. The van der Waals surface area contributed by atoms with Crippen LogP contribution in [0.15, 0.2) is 42.0 Å². The third kappa shape index (κ3) is 7.05. The fraction of sp³-hybridized carbons (Fsp3) is 0.448. The lowest BCUT2D eigenvalue weighted by Gasteiger charge is -2.41. The quantitative estimate of drug-likeness (QED) is 0.262. The minimum absolute atomic E-state index is 0.0507. The van der Waals surface area contributed by atoms with Gasteiger partial charge in [0.15, 0.2) is 23.0 Å². The molecule has 41 heavy (non-hydrogen) atoms. The summed E-state index contributed by atoms with van der Waals surface area (Å²) < 4.78 is 23.3. The number of carbonyl (C=O) groups is 2. The normalized spacial score (nSPS) is 19.5. The van der Waals surface area contributed by atoms with Crippen molar-refractivity contribution in [3.63, 3.8) is 0 Å². The molecule has 1 aliphatic heterocycles. The van der Waals surface area contributed by atoms with Crippen molar-refractivity contribution in [1.29, 1.82) is 0 Å². The highest BCUT2D eigenvalue weighted by Crippen LogP contribution is 2.38. The number of hydrogen-bond acceptors (Lipinski definition) is 9. The van der Waals surface area contributed by atoms with Crippen LogP contribution >= 0.6 is 22.6 Å². The Morgan fingerprint density at radius 1 is 1.15 bits per heavy atom. The molecule has 0 bridgehead atoms. The number of hydrogen-bond donors (Lipinski definition) is 4. The maximum atomic E-state index is 13.6. The number of carbonyl (C=O) groups excluding carboxylic acids is 2. The summed E-state index contributed by atoms with van der Waals surface area (Å²) in [7, 11) is 1.47. The zero-order valence-corrected chi connectivity index (χ0v) is 25.3. The average Bonchev–Trinajstić information content (AvgIpc) is 3.44. The van der Waals surface area contributed by atoms with E-state index in [-0.39, 0.29) is 51.3 Å². The Morgan fingerprint density at radius 3 is 2.59 bits per heavy atom. The van der Waals surface area contributed by atoms with Gasteiger partial charge in [-0.25, -0.2) is 0 Å². The molecule has 2 aromatic rings. The van der Waals surface area contributed by atoms with Gasteiger partial charge in [-0.2, -0.15) is 0 Å². The van der Waals surface area contributed by atoms with Gasteiger partial charge < -0.3 is 44.5 Å². The molecule has 3 atom stereocenters. The molecule has 0 fully saturated rings. The molecule has 12 heteroatoms. The monoisotopic (exact) mass is 682 g/mol. The van der Waals surface area contributed by atoms with Gasteiger partial charge in [-0.05, 0) is 64.1 Å². The summed E-state index contributed by atoms with van der Waals surface area (Å²) in [6, 6.07) is 7.96. The smallest absolute Gasteiger partial charge is 0.247 e. The van der Waals surface area contributed by atoms with Crippen molar-refractivity contribution < 1.29 is 43.9 Å². The molecule has 4 rings (SSSR count). The molecule has 0 aromatic heterocycles. The Balaban J connectivity index is 1.72. The van der Waals surface area contributed by atoms with E-state index in [1.807, 2.05) is 6.07 Å². The molecule has 11 nitrogen and oxygen atoms in total. The maximum absolute atomic E-state index is 13.6. The van der Waals surface area contributed by atoms with Gasteiger partial charge in [0.2, 0.25) is 18.6 Å². The van der Waals surface area contributed by atoms with E-state index in [1.165, 1.54) is 7.11 Å². The molecule has 0 spiro atoms. The van der Waals surface area contributed by atoms with Crippen LogP contribution < -0.4 is 24.3 Å². The van der Waals surface area contributed by atoms with Gasteiger partial charge in [-0.1, -0.05) is 19.9 Å². The number of nitrogens with zero attached hydrogens (tertiary/aromatic N) is 1. The lowest BCUT2D eigenvalue weighted by atomic mass is 9.87. The number of amides is 2. The van der Waals surface area contributed by atoms with Crippen LogP contribution in [-0.4, -0.2) is 77.3 Å². The van der Waals surface area contributed by atoms with E-state index in [1.54, 1.807) is 49.1 Å². The number of halogens is 1. The zero-order chi connectivity index (χ0) is 29.7. The fourth-order valence-electron chi connectivity index (χ4n) is 4.82. The van der Waals surface area contributed by atoms with Crippen molar-refractivity contribution in [2.24, 2.45) is 5.92 Å². The summed E-state index contributed by atoms with van der Waals surface area (Å²) in [4.78, 5) is 28.2. The van der Waals surface area contributed by atoms with Gasteiger partial charge in [0, 0.05) is 31.0 Å². The van der Waals surface area contributed by atoms with Gasteiger partial charge in [0.05, 0.1) is 29.9 Å². The van der Waals surface area contributed by atoms with Crippen LogP contribution in [0.4, 0.5) is 0 Å². The number of aliphatic hydroxyl groups is 3. The first-order valence-electron chi connectivity index (χ1n) is 13.3. The maximum Gasteiger partial charge on any atom is 0.247 e. The van der Waals surface area contributed by atoms with Crippen molar-refractivity contribution in [3.8, 4) is 23.0 Å². The third-order valence-corrected chi connectivity index (χ3v) is 7.71. The largest absolute Gasteiger partial charge is 0.493 e. The summed E-state index contributed by atoms with van der Waals surface area (Å²) >= 11 is 2.05. The van der Waals surface area contributed by atoms with Gasteiger partial charge in [0.25, 0.3) is 0 Å². The Kier molecular flexibility index (Phi) is 10.3. The number of methoxy groups -OCH3 is 1. The van der Waals surface area contributed by atoms with E-state index in [2.05, 4.69) is 27.9 Å². The molecule has 0 saturated carbocycles. The van der Waals surface area contributed by atoms with Crippen LogP contribution in [0.25, 0.3) is 0 Å². The topological polar surface area (TPSA) is 147 Å². The summed E-state index contributed by atoms with van der Waals surface area (Å²) in [6.07, 6.45) is -0.620. The van der Waals surface area contributed by atoms with E-state index in [0.717, 1.165) is 5.56 Å². The predicted molar refractivity (Wildman–Crippen MR) is 157 cm³/mol. The first-order valence-corrected chi connectivity index (χ1v) is 14.3. The van der Waals surface area contributed by atoms with E-state index >= 15 is 0 Å². The second-order valence-corrected chi connectivity index (χ2v) is 11.3. The van der Waals surface area contributed by atoms with Crippen LogP contribution in [0.5, 0.6) is 23.0 Å². The Hall–Kier alpha value is -3.07. The lowest BCUT2D eigenvalue weighted by Crippen LogP contribution is -2.55. The van der Waals surface area contributed by atoms with Crippen LogP contribution in [0, 0.1) is 9.49 Å². The molecule has 2 aromatic carbocycles. The third-order valence-electron chi connectivity index (χ3n) is 6.91. The number of benzene rings is 2. The van der Waals surface area contributed by atoms with E-state index in [9.17, 15) is 24.9 Å². The van der Waals surface area contributed by atoms with Crippen molar-refractivity contribution in [2.75, 3.05) is 27.1 Å². The molecular formula is C29H35IN2O9. The highest BCUT2D eigenvalue weighted by atomic mass is 127. The Bertz CT molecular complexity index is 1300. The Labute approximate surface area is 252 Å². The lowest BCUT2D eigenvalue weighted by molar-refractivity contribution is -0.142. The molecular weight excluding hydrogens is 647 g/mol. The van der Waals surface area contributed by atoms with Gasteiger partial charge in [0.1, 0.15) is 12.2 Å². The molecule has 222 valence electrons. The van der Waals surface area contributed by atoms with E-state index in [0.29, 0.717) is 37.7 Å². The zero-order valence-electron chi connectivity index (χ0n) is 23.1. The van der Waals surface area contributed by atoms with Crippen LogP contribution in [0.1, 0.15) is 31.4 Å². The second-order valence-electron chi connectivity index (χ2n) is 10.1. The minimum atomic E-state index is -1.21. The molecule has 0 saturated heterocycles. The second kappa shape index (κ2) is 13.7. The van der Waals surface area contributed by atoms with Gasteiger partial charge in [-0.15, -0.1) is 0 Å². The summed E-state index contributed by atoms with van der Waals surface area (Å²) in [5.41, 5.74) is 1.70. The molecule has 2 amide bonds. The summed E-state index contributed by atoms with van der Waals surface area (Å²) in [5.74, 6) is 0.846. The number of ether oxygens (including phenoxy) is 4. The van der Waals surface area contributed by atoms with E-state index in [4.69, 9.17) is 18.9 Å². The van der Waals surface area contributed by atoms with E-state index < -0.39 is 24.2 Å². The standard InChI is InChI=1S/C29H35IN2O9/c1-16(2)29(37)32(13-17-4-5-22-23(9-17)40-15-39-22)21-11-19(28(36)31-6-7-33)12-24(26(21)35)41-27-20(30)8-18(14-34)10-25(27)38-3/h4-5,8-10,12,16,21,24,26,33-35H,6-7,11,13-15H2,1-3H3,(H,31,36)/t21-,24+,26+/m1/s1. The van der Waals surface area contributed by atoms with Crippen molar-refractivity contribution in [1.82, 2.24) is 10.2 Å². The first kappa shape index (κ1) is 30.9. The van der Waals surface area contributed by atoms with Crippen molar-refractivity contribution >= 4 is 34.4 Å². The van der Waals surface area contributed by atoms with Crippen LogP contribution in [-0.2, 0) is 22.7 Å². The number of nitrogens with one attached hydrogen (secondary N) is 1. The number of rotatable bonds is 11. The van der Waals surface area contributed by atoms with Crippen molar-refractivity contribution in [2.45, 2.75) is 51.7 Å². The van der Waals surface area contributed by atoms with Crippen LogP contribution in [0.2, 0.25) is 0 Å².